The zero-order valence-electron chi connectivity index (χ0n) is 14.4. The SMILES string of the molecule is CCNC(=O)N1N=C(c2ccc(N)cc2)c2cc(CS)ccc2C1C. The molecule has 0 spiro atoms. The number of fused-ring (bicyclic) bond motifs is 1. The number of carbonyl (C=O) groups is 1. The second-order valence-corrected chi connectivity index (χ2v) is 6.32. The number of anilines is 1. The Morgan fingerprint density at radius 2 is 2.00 bits per heavy atom. The molecule has 0 bridgehead atoms. The largest absolute Gasteiger partial charge is 0.399 e. The number of nitrogens with one attached hydrogen (secondary N) is 1. The Balaban J connectivity index is 2.15. The van der Waals surface area contributed by atoms with E-state index in [0.29, 0.717) is 18.0 Å². The Bertz CT molecular complexity index is 817. The van der Waals surface area contributed by atoms with Crippen molar-refractivity contribution >= 4 is 30.1 Å². The highest BCUT2D eigenvalue weighted by atomic mass is 32.1. The van der Waals surface area contributed by atoms with Crippen LogP contribution in [0.25, 0.3) is 0 Å². The van der Waals surface area contributed by atoms with Crippen molar-refractivity contribution in [2.75, 3.05) is 12.3 Å². The smallest absolute Gasteiger partial charge is 0.338 e. The van der Waals surface area contributed by atoms with Gasteiger partial charge in [0.2, 0.25) is 0 Å². The first-order chi connectivity index (χ1) is 12.0. The van der Waals surface area contributed by atoms with Gasteiger partial charge in [-0.15, -0.1) is 0 Å². The Morgan fingerprint density at radius 1 is 1.28 bits per heavy atom. The number of thiol groups is 1. The van der Waals surface area contributed by atoms with Crippen LogP contribution in [-0.4, -0.2) is 23.3 Å². The summed E-state index contributed by atoms with van der Waals surface area (Å²) in [5, 5.41) is 9.01. The van der Waals surface area contributed by atoms with Crippen LogP contribution in [0.15, 0.2) is 47.6 Å². The number of nitrogens with zero attached hydrogens (tertiary/aromatic N) is 2. The van der Waals surface area contributed by atoms with Crippen molar-refractivity contribution in [1.82, 2.24) is 10.3 Å². The van der Waals surface area contributed by atoms with Gasteiger partial charge in [-0.25, -0.2) is 9.80 Å². The van der Waals surface area contributed by atoms with Gasteiger partial charge in [-0.05, 0) is 43.2 Å². The lowest BCUT2D eigenvalue weighted by Crippen LogP contribution is -2.41. The molecule has 5 nitrogen and oxygen atoms in total. The number of nitrogens with two attached hydrogens (primary N) is 1. The first-order valence-corrected chi connectivity index (χ1v) is 8.94. The Morgan fingerprint density at radius 3 is 2.64 bits per heavy atom. The average molecular weight is 354 g/mol. The zero-order chi connectivity index (χ0) is 18.0. The zero-order valence-corrected chi connectivity index (χ0v) is 15.3. The summed E-state index contributed by atoms with van der Waals surface area (Å²) in [5.41, 5.74) is 11.4. The number of carbonyl (C=O) groups excluding carboxylic acids is 1. The standard InChI is InChI=1S/C19H22N4OS/c1-3-21-19(24)23-12(2)16-9-4-13(11-25)10-17(16)18(22-23)14-5-7-15(20)8-6-14/h4-10,12,25H,3,11,20H2,1-2H3,(H,21,24). The summed E-state index contributed by atoms with van der Waals surface area (Å²) in [7, 11) is 0. The normalized spacial score (nSPS) is 16.2. The van der Waals surface area contributed by atoms with Crippen molar-refractivity contribution in [3.05, 3.63) is 64.7 Å². The van der Waals surface area contributed by atoms with Gasteiger partial charge in [-0.3, -0.25) is 0 Å². The highest BCUT2D eigenvalue weighted by molar-refractivity contribution is 7.79. The molecule has 0 saturated heterocycles. The Hall–Kier alpha value is -2.47. The van der Waals surface area contributed by atoms with Gasteiger partial charge >= 0.3 is 6.03 Å². The van der Waals surface area contributed by atoms with E-state index in [1.54, 1.807) is 0 Å². The van der Waals surface area contributed by atoms with Crippen LogP contribution >= 0.6 is 12.6 Å². The molecule has 1 atom stereocenters. The number of hydrogen-bond donors (Lipinski definition) is 3. The first-order valence-electron chi connectivity index (χ1n) is 8.30. The van der Waals surface area contributed by atoms with E-state index in [1.807, 2.05) is 44.2 Å². The number of urea groups is 1. The van der Waals surface area contributed by atoms with Crippen LogP contribution in [-0.2, 0) is 5.75 Å². The van der Waals surface area contributed by atoms with E-state index in [2.05, 4.69) is 35.2 Å². The van der Waals surface area contributed by atoms with Crippen molar-refractivity contribution < 1.29 is 4.79 Å². The fourth-order valence-electron chi connectivity index (χ4n) is 2.96. The van der Waals surface area contributed by atoms with Crippen LogP contribution in [0.2, 0.25) is 0 Å². The number of rotatable bonds is 3. The van der Waals surface area contributed by atoms with Crippen LogP contribution in [0.4, 0.5) is 10.5 Å². The summed E-state index contributed by atoms with van der Waals surface area (Å²) in [5.74, 6) is 0.650. The predicted octanol–water partition coefficient (Wildman–Crippen LogP) is 3.56. The van der Waals surface area contributed by atoms with Crippen molar-refractivity contribution in [1.29, 1.82) is 0 Å². The maximum absolute atomic E-state index is 12.4. The van der Waals surface area contributed by atoms with Crippen LogP contribution in [0.1, 0.15) is 42.1 Å². The number of amides is 2. The molecule has 2 amide bonds. The predicted molar refractivity (Wildman–Crippen MR) is 105 cm³/mol. The Labute approximate surface area is 153 Å². The molecule has 0 aliphatic carbocycles. The van der Waals surface area contributed by atoms with Gasteiger partial charge in [0.25, 0.3) is 0 Å². The van der Waals surface area contributed by atoms with E-state index in [-0.39, 0.29) is 12.1 Å². The van der Waals surface area contributed by atoms with Gasteiger partial charge < -0.3 is 11.1 Å². The van der Waals surface area contributed by atoms with Crippen LogP contribution in [0.3, 0.4) is 0 Å². The topological polar surface area (TPSA) is 70.7 Å². The van der Waals surface area contributed by atoms with E-state index in [9.17, 15) is 4.79 Å². The monoisotopic (exact) mass is 354 g/mol. The van der Waals surface area contributed by atoms with Gasteiger partial charge in [0, 0.05) is 29.1 Å². The van der Waals surface area contributed by atoms with Gasteiger partial charge in [0.15, 0.2) is 0 Å². The van der Waals surface area contributed by atoms with E-state index < -0.39 is 0 Å². The number of benzene rings is 2. The van der Waals surface area contributed by atoms with Gasteiger partial charge in [0.05, 0.1) is 11.8 Å². The minimum absolute atomic E-state index is 0.145. The molecule has 1 aliphatic rings. The molecule has 2 aromatic rings. The van der Waals surface area contributed by atoms with Crippen molar-refractivity contribution in [3.63, 3.8) is 0 Å². The van der Waals surface area contributed by atoms with E-state index in [1.165, 1.54) is 5.01 Å². The van der Waals surface area contributed by atoms with Crippen LogP contribution in [0, 0.1) is 0 Å². The fraction of sp³-hybridized carbons (Fsp3) is 0.263. The van der Waals surface area contributed by atoms with Gasteiger partial charge in [-0.1, -0.05) is 24.3 Å². The lowest BCUT2D eigenvalue weighted by atomic mass is 9.91. The summed E-state index contributed by atoms with van der Waals surface area (Å²) in [6.45, 7) is 4.43. The number of hydrazone groups is 1. The maximum atomic E-state index is 12.4. The van der Waals surface area contributed by atoms with E-state index in [0.717, 1.165) is 28.0 Å². The number of nitrogen functional groups attached to an aromatic ring is 1. The molecule has 6 heteroatoms. The molecule has 1 heterocycles. The molecule has 0 radical (unpaired) electrons. The van der Waals surface area contributed by atoms with Crippen molar-refractivity contribution in [2.45, 2.75) is 25.6 Å². The maximum Gasteiger partial charge on any atom is 0.338 e. The molecule has 25 heavy (non-hydrogen) atoms. The van der Waals surface area contributed by atoms with Crippen molar-refractivity contribution in [3.8, 4) is 0 Å². The summed E-state index contributed by atoms with van der Waals surface area (Å²) in [6, 6.07) is 13.4. The molecule has 1 aliphatic heterocycles. The lowest BCUT2D eigenvalue weighted by molar-refractivity contribution is 0.181. The van der Waals surface area contributed by atoms with E-state index >= 15 is 0 Å². The van der Waals surface area contributed by atoms with Crippen LogP contribution in [0.5, 0.6) is 0 Å². The van der Waals surface area contributed by atoms with Crippen LogP contribution < -0.4 is 11.1 Å². The number of hydrogen-bond acceptors (Lipinski definition) is 4. The fourth-order valence-corrected chi connectivity index (χ4v) is 3.16. The summed E-state index contributed by atoms with van der Waals surface area (Å²) >= 11 is 4.38. The summed E-state index contributed by atoms with van der Waals surface area (Å²) in [4.78, 5) is 12.4. The molecule has 0 saturated carbocycles. The highest BCUT2D eigenvalue weighted by Gasteiger charge is 2.30. The first kappa shape index (κ1) is 17.4. The van der Waals surface area contributed by atoms with E-state index in [4.69, 9.17) is 5.73 Å². The van der Waals surface area contributed by atoms with Crippen molar-refractivity contribution in [2.24, 2.45) is 5.10 Å². The second-order valence-electron chi connectivity index (χ2n) is 6.01. The molecular formula is C19H22N4OS. The van der Waals surface area contributed by atoms with Gasteiger partial charge in [-0.2, -0.15) is 17.7 Å². The average Bonchev–Trinajstić information content (AvgIpc) is 2.63. The third-order valence-electron chi connectivity index (χ3n) is 4.30. The summed E-state index contributed by atoms with van der Waals surface area (Å²) in [6.07, 6.45) is 0. The molecule has 0 fully saturated rings. The Kier molecular flexibility index (Phi) is 4.99. The molecule has 1 unspecified atom stereocenters. The van der Waals surface area contributed by atoms with Gasteiger partial charge in [0.1, 0.15) is 0 Å². The third kappa shape index (κ3) is 3.35. The summed E-state index contributed by atoms with van der Waals surface area (Å²) < 4.78 is 0. The molecule has 130 valence electrons. The molecule has 0 aromatic heterocycles. The molecule has 3 N–H and O–H groups in total. The minimum atomic E-state index is -0.202. The molecule has 2 aromatic carbocycles. The second kappa shape index (κ2) is 7.19. The lowest BCUT2D eigenvalue weighted by Gasteiger charge is -2.32. The highest BCUT2D eigenvalue weighted by Crippen LogP contribution is 2.32. The third-order valence-corrected chi connectivity index (χ3v) is 4.67. The molecule has 3 rings (SSSR count). The minimum Gasteiger partial charge on any atom is -0.399 e. The quantitative estimate of drug-likeness (QED) is 0.583. The molecular weight excluding hydrogens is 332 g/mol.